The van der Waals surface area contributed by atoms with Crippen LogP contribution in [0.5, 0.6) is 5.75 Å². The lowest BCUT2D eigenvalue weighted by atomic mass is 10.1. The van der Waals surface area contributed by atoms with Crippen molar-refractivity contribution in [3.8, 4) is 27.4 Å². The monoisotopic (exact) mass is 449 g/mol. The average molecular weight is 449 g/mol. The first-order chi connectivity index (χ1) is 15.4. The number of carbonyl (C=O) groups is 1. The molecule has 0 bridgehead atoms. The molecular weight excluding hydrogens is 433 g/mol. The maximum Gasteiger partial charge on any atom is 0.269 e. The van der Waals surface area contributed by atoms with E-state index in [9.17, 15) is 19.3 Å². The molecule has 4 aromatic rings. The van der Waals surface area contributed by atoms with Crippen molar-refractivity contribution >= 4 is 28.1 Å². The Labute approximate surface area is 186 Å². The Hall–Kier alpha value is -4.11. The van der Waals surface area contributed by atoms with E-state index in [1.165, 1.54) is 42.7 Å². The highest BCUT2D eigenvalue weighted by Crippen LogP contribution is 2.39. The maximum atomic E-state index is 13.4. The molecule has 7 nitrogen and oxygen atoms in total. The molecule has 0 unspecified atom stereocenters. The van der Waals surface area contributed by atoms with Gasteiger partial charge in [-0.15, -0.1) is 0 Å². The summed E-state index contributed by atoms with van der Waals surface area (Å²) in [5, 5.41) is 14.1. The predicted octanol–water partition coefficient (Wildman–Crippen LogP) is 5.79. The lowest BCUT2D eigenvalue weighted by molar-refractivity contribution is -0.384. The third kappa shape index (κ3) is 4.47. The molecular formula is C23H16FN3O4S. The number of nitro groups is 1. The van der Waals surface area contributed by atoms with Crippen LogP contribution >= 0.6 is 11.3 Å². The quantitative estimate of drug-likeness (QED) is 0.297. The molecule has 0 aliphatic carbocycles. The van der Waals surface area contributed by atoms with Gasteiger partial charge in [0.1, 0.15) is 11.6 Å². The number of hydrogen-bond donors (Lipinski definition) is 1. The van der Waals surface area contributed by atoms with E-state index in [0.717, 1.165) is 0 Å². The molecule has 4 rings (SSSR count). The van der Waals surface area contributed by atoms with E-state index < -0.39 is 4.92 Å². The van der Waals surface area contributed by atoms with Crippen LogP contribution < -0.4 is 10.1 Å². The van der Waals surface area contributed by atoms with E-state index in [2.05, 4.69) is 10.3 Å². The first-order valence-electron chi connectivity index (χ1n) is 9.41. The molecule has 0 atom stereocenters. The predicted molar refractivity (Wildman–Crippen MR) is 121 cm³/mol. The lowest BCUT2D eigenvalue weighted by Gasteiger charge is -2.04. The normalized spacial score (nSPS) is 10.6. The number of hydrogen-bond acceptors (Lipinski definition) is 6. The molecule has 9 heteroatoms. The van der Waals surface area contributed by atoms with Crippen molar-refractivity contribution in [1.82, 2.24) is 4.98 Å². The highest BCUT2D eigenvalue weighted by molar-refractivity contribution is 7.19. The summed E-state index contributed by atoms with van der Waals surface area (Å²) in [4.78, 5) is 28.5. The molecule has 1 aromatic heterocycles. The second-order valence-electron chi connectivity index (χ2n) is 6.69. The van der Waals surface area contributed by atoms with Crippen molar-refractivity contribution < 1.29 is 18.8 Å². The molecule has 160 valence electrons. The fourth-order valence-corrected chi connectivity index (χ4v) is 4.03. The summed E-state index contributed by atoms with van der Waals surface area (Å²) in [7, 11) is 1.52. The summed E-state index contributed by atoms with van der Waals surface area (Å²) >= 11 is 1.22. The number of methoxy groups -OCH3 is 1. The second kappa shape index (κ2) is 8.94. The molecule has 0 spiro atoms. The van der Waals surface area contributed by atoms with Gasteiger partial charge in [0.25, 0.3) is 11.6 Å². The highest BCUT2D eigenvalue weighted by Gasteiger charge is 2.18. The zero-order valence-corrected chi connectivity index (χ0v) is 17.6. The van der Waals surface area contributed by atoms with Crippen LogP contribution in [0.4, 0.5) is 15.2 Å². The summed E-state index contributed by atoms with van der Waals surface area (Å²) in [5.41, 5.74) is 2.24. The SMILES string of the molecule is COc1cccc(C(=O)Nc2nc(-c3ccc(F)cc3)c(-c3ccc([N+](=O)[O-])cc3)s2)c1. The first-order valence-corrected chi connectivity index (χ1v) is 10.2. The number of rotatable bonds is 6. The smallest absolute Gasteiger partial charge is 0.269 e. The summed E-state index contributed by atoms with van der Waals surface area (Å²) in [6.07, 6.45) is 0. The Morgan fingerprint density at radius 3 is 2.41 bits per heavy atom. The number of benzene rings is 3. The van der Waals surface area contributed by atoms with Crippen LogP contribution in [0.1, 0.15) is 10.4 Å². The minimum absolute atomic E-state index is 0.0341. The van der Waals surface area contributed by atoms with E-state index >= 15 is 0 Å². The molecule has 0 fully saturated rings. The van der Waals surface area contributed by atoms with Gasteiger partial charge in [0.2, 0.25) is 0 Å². The van der Waals surface area contributed by atoms with Gasteiger partial charge in [-0.2, -0.15) is 0 Å². The summed E-state index contributed by atoms with van der Waals surface area (Å²) in [5.74, 6) is -0.193. The molecule has 1 heterocycles. The number of anilines is 1. The average Bonchev–Trinajstić information content (AvgIpc) is 3.23. The Bertz CT molecular complexity index is 1290. The van der Waals surface area contributed by atoms with Crippen molar-refractivity contribution in [1.29, 1.82) is 0 Å². The number of thiazole rings is 1. The Morgan fingerprint density at radius 1 is 1.06 bits per heavy atom. The highest BCUT2D eigenvalue weighted by atomic mass is 32.1. The molecule has 0 aliphatic rings. The number of amides is 1. The number of halogens is 1. The fraction of sp³-hybridized carbons (Fsp3) is 0.0435. The van der Waals surface area contributed by atoms with Gasteiger partial charge in [0.05, 0.1) is 22.6 Å². The van der Waals surface area contributed by atoms with Crippen LogP contribution in [0.15, 0.2) is 72.8 Å². The first kappa shape index (κ1) is 21.1. The zero-order valence-electron chi connectivity index (χ0n) is 16.7. The van der Waals surface area contributed by atoms with Gasteiger partial charge in [-0.25, -0.2) is 9.37 Å². The maximum absolute atomic E-state index is 13.4. The minimum atomic E-state index is -0.475. The van der Waals surface area contributed by atoms with Gasteiger partial charge in [0.15, 0.2) is 5.13 Å². The van der Waals surface area contributed by atoms with Crippen LogP contribution in [0, 0.1) is 15.9 Å². The lowest BCUT2D eigenvalue weighted by Crippen LogP contribution is -2.11. The van der Waals surface area contributed by atoms with E-state index in [4.69, 9.17) is 4.74 Å². The van der Waals surface area contributed by atoms with E-state index in [1.807, 2.05) is 0 Å². The molecule has 0 saturated carbocycles. The Balaban J connectivity index is 1.72. The molecule has 0 aliphatic heterocycles. The van der Waals surface area contributed by atoms with Gasteiger partial charge in [-0.1, -0.05) is 17.4 Å². The van der Waals surface area contributed by atoms with Gasteiger partial charge in [-0.05, 0) is 60.2 Å². The Kier molecular flexibility index (Phi) is 5.91. The van der Waals surface area contributed by atoms with Gasteiger partial charge < -0.3 is 4.74 Å². The Morgan fingerprint density at radius 2 is 1.75 bits per heavy atom. The number of nitro benzene ring substituents is 1. The molecule has 1 amide bonds. The number of carbonyl (C=O) groups excluding carboxylic acids is 1. The van der Waals surface area contributed by atoms with E-state index in [1.54, 1.807) is 48.5 Å². The second-order valence-corrected chi connectivity index (χ2v) is 7.69. The summed E-state index contributed by atoms with van der Waals surface area (Å²) in [6.45, 7) is 0. The summed E-state index contributed by atoms with van der Waals surface area (Å²) < 4.78 is 18.6. The number of nitrogens with zero attached hydrogens (tertiary/aromatic N) is 2. The largest absolute Gasteiger partial charge is 0.497 e. The van der Waals surface area contributed by atoms with Gasteiger partial charge >= 0.3 is 0 Å². The molecule has 32 heavy (non-hydrogen) atoms. The third-order valence-corrected chi connectivity index (χ3v) is 5.66. The number of aromatic nitrogens is 1. The zero-order chi connectivity index (χ0) is 22.7. The van der Waals surface area contributed by atoms with Crippen LogP contribution in [0.25, 0.3) is 21.7 Å². The van der Waals surface area contributed by atoms with E-state index in [-0.39, 0.29) is 17.4 Å². The van der Waals surface area contributed by atoms with Crippen LogP contribution in [0.3, 0.4) is 0 Å². The number of nitrogens with one attached hydrogen (secondary N) is 1. The molecule has 0 radical (unpaired) electrons. The van der Waals surface area contributed by atoms with Crippen molar-refractivity contribution in [2.45, 2.75) is 0 Å². The van der Waals surface area contributed by atoms with Crippen molar-refractivity contribution in [3.05, 3.63) is 94.3 Å². The standard InChI is InChI=1S/C23H16FN3O4S/c1-31-19-4-2-3-16(13-19)22(28)26-23-25-20(14-5-9-17(24)10-6-14)21(32-23)15-7-11-18(12-8-15)27(29)30/h2-13H,1H3,(H,25,26,28). The van der Waals surface area contributed by atoms with Crippen LogP contribution in [-0.2, 0) is 0 Å². The summed E-state index contributed by atoms with van der Waals surface area (Å²) in [6, 6.07) is 18.6. The molecule has 1 N–H and O–H groups in total. The topological polar surface area (TPSA) is 94.4 Å². The van der Waals surface area contributed by atoms with Crippen molar-refractivity contribution in [2.75, 3.05) is 12.4 Å². The number of ether oxygens (including phenoxy) is 1. The van der Waals surface area contributed by atoms with E-state index in [0.29, 0.717) is 38.1 Å². The third-order valence-electron chi connectivity index (χ3n) is 4.64. The minimum Gasteiger partial charge on any atom is -0.497 e. The van der Waals surface area contributed by atoms with Crippen LogP contribution in [0.2, 0.25) is 0 Å². The van der Waals surface area contributed by atoms with Crippen LogP contribution in [-0.4, -0.2) is 22.9 Å². The van der Waals surface area contributed by atoms with Gasteiger partial charge in [-0.3, -0.25) is 20.2 Å². The fourth-order valence-electron chi connectivity index (χ4n) is 3.04. The van der Waals surface area contributed by atoms with Crippen molar-refractivity contribution in [2.24, 2.45) is 0 Å². The van der Waals surface area contributed by atoms with Crippen molar-refractivity contribution in [3.63, 3.8) is 0 Å². The molecule has 0 saturated heterocycles. The number of non-ortho nitro benzene ring substituents is 1. The van der Waals surface area contributed by atoms with Gasteiger partial charge in [0, 0.05) is 23.3 Å². The molecule has 3 aromatic carbocycles.